The third-order valence-corrected chi connectivity index (χ3v) is 3.09. The summed E-state index contributed by atoms with van der Waals surface area (Å²) in [6.45, 7) is 3.56. The molecule has 1 aromatic heterocycles. The molecular formula is C16H20N4O4. The normalized spacial score (nSPS) is 11.6. The number of amides is 2. The highest BCUT2D eigenvalue weighted by molar-refractivity contribution is 5.89. The van der Waals surface area contributed by atoms with Crippen molar-refractivity contribution in [3.05, 3.63) is 42.2 Å². The molecule has 24 heavy (non-hydrogen) atoms. The number of carbonyl (C=O) groups excluding carboxylic acids is 2. The van der Waals surface area contributed by atoms with Crippen LogP contribution in [-0.4, -0.2) is 46.1 Å². The van der Waals surface area contributed by atoms with Gasteiger partial charge in [0.15, 0.2) is 5.69 Å². The average Bonchev–Trinajstić information content (AvgIpc) is 3.05. The number of aliphatic hydroxyl groups is 1. The van der Waals surface area contributed by atoms with E-state index in [-0.39, 0.29) is 24.9 Å². The summed E-state index contributed by atoms with van der Waals surface area (Å²) in [7, 11) is 0. The van der Waals surface area contributed by atoms with Gasteiger partial charge in [0.25, 0.3) is 0 Å². The summed E-state index contributed by atoms with van der Waals surface area (Å²) in [6, 6.07) is 7.79. The average molecular weight is 332 g/mol. The maximum atomic E-state index is 11.8. The largest absolute Gasteiger partial charge is 0.461 e. The highest BCUT2D eigenvalue weighted by atomic mass is 16.5. The van der Waals surface area contributed by atoms with Crippen LogP contribution >= 0.6 is 0 Å². The molecule has 0 saturated heterocycles. The minimum atomic E-state index is -0.483. The Morgan fingerprint density at radius 1 is 1.38 bits per heavy atom. The lowest BCUT2D eigenvalue weighted by Gasteiger charge is -2.12. The van der Waals surface area contributed by atoms with Gasteiger partial charge >= 0.3 is 12.0 Å². The molecule has 128 valence electrons. The Kier molecular flexibility index (Phi) is 5.91. The van der Waals surface area contributed by atoms with Gasteiger partial charge in [0.1, 0.15) is 0 Å². The molecule has 1 heterocycles. The van der Waals surface area contributed by atoms with E-state index < -0.39 is 12.0 Å². The van der Waals surface area contributed by atoms with Crippen molar-refractivity contribution < 1.29 is 19.4 Å². The van der Waals surface area contributed by atoms with E-state index in [1.54, 1.807) is 50.4 Å². The number of rotatable bonds is 6. The number of esters is 1. The zero-order chi connectivity index (χ0) is 17.5. The van der Waals surface area contributed by atoms with Gasteiger partial charge in [0, 0.05) is 11.9 Å². The molecule has 8 heteroatoms. The number of aromatic nitrogens is 2. The summed E-state index contributed by atoms with van der Waals surface area (Å²) in [5, 5.41) is 18.4. The van der Waals surface area contributed by atoms with Gasteiger partial charge in [-0.1, -0.05) is 6.07 Å². The first-order valence-electron chi connectivity index (χ1n) is 7.55. The third kappa shape index (κ3) is 4.56. The first-order chi connectivity index (χ1) is 11.5. The van der Waals surface area contributed by atoms with Crippen LogP contribution in [0.25, 0.3) is 5.69 Å². The van der Waals surface area contributed by atoms with Crippen molar-refractivity contribution in [3.8, 4) is 5.69 Å². The lowest BCUT2D eigenvalue weighted by Crippen LogP contribution is -2.38. The molecule has 8 nitrogen and oxygen atoms in total. The highest BCUT2D eigenvalue weighted by Crippen LogP contribution is 2.15. The monoisotopic (exact) mass is 332 g/mol. The SMILES string of the molecule is CCOC(=O)c1ccn(-c2cccc(NC(=O)NC(C)CO)c2)n1. The number of nitrogens with one attached hydrogen (secondary N) is 2. The number of hydrogen-bond acceptors (Lipinski definition) is 5. The van der Waals surface area contributed by atoms with Crippen molar-refractivity contribution in [2.75, 3.05) is 18.5 Å². The minimum absolute atomic E-state index is 0.141. The van der Waals surface area contributed by atoms with E-state index in [2.05, 4.69) is 15.7 Å². The summed E-state index contributed by atoms with van der Waals surface area (Å²) in [5.74, 6) is -0.483. The maximum absolute atomic E-state index is 11.8. The molecule has 2 amide bonds. The van der Waals surface area contributed by atoms with E-state index >= 15 is 0 Å². The van der Waals surface area contributed by atoms with Crippen LogP contribution in [0.2, 0.25) is 0 Å². The second-order valence-electron chi connectivity index (χ2n) is 5.10. The zero-order valence-corrected chi connectivity index (χ0v) is 13.5. The van der Waals surface area contributed by atoms with E-state index in [9.17, 15) is 9.59 Å². The fourth-order valence-electron chi connectivity index (χ4n) is 1.94. The van der Waals surface area contributed by atoms with Gasteiger partial charge < -0.3 is 20.5 Å². The van der Waals surface area contributed by atoms with Crippen LogP contribution in [0.3, 0.4) is 0 Å². The Morgan fingerprint density at radius 2 is 2.17 bits per heavy atom. The molecule has 0 aliphatic heterocycles. The number of nitrogens with zero attached hydrogens (tertiary/aromatic N) is 2. The lowest BCUT2D eigenvalue weighted by atomic mass is 10.3. The summed E-state index contributed by atoms with van der Waals surface area (Å²) >= 11 is 0. The molecule has 0 spiro atoms. The Labute approximate surface area is 139 Å². The predicted octanol–water partition coefficient (Wildman–Crippen LogP) is 1.55. The van der Waals surface area contributed by atoms with Gasteiger partial charge in [0.2, 0.25) is 0 Å². The fraction of sp³-hybridized carbons (Fsp3) is 0.312. The molecule has 0 bridgehead atoms. The van der Waals surface area contributed by atoms with E-state index in [1.807, 2.05) is 0 Å². The number of hydrogen-bond donors (Lipinski definition) is 3. The number of benzene rings is 1. The highest BCUT2D eigenvalue weighted by Gasteiger charge is 2.11. The van der Waals surface area contributed by atoms with Crippen LogP contribution in [0, 0.1) is 0 Å². The third-order valence-electron chi connectivity index (χ3n) is 3.09. The Balaban J connectivity index is 2.10. The summed E-state index contributed by atoms with van der Waals surface area (Å²) in [6.07, 6.45) is 1.64. The smallest absolute Gasteiger partial charge is 0.358 e. The maximum Gasteiger partial charge on any atom is 0.358 e. The molecule has 2 aromatic rings. The van der Waals surface area contributed by atoms with Gasteiger partial charge in [-0.15, -0.1) is 0 Å². The second-order valence-corrected chi connectivity index (χ2v) is 5.10. The first kappa shape index (κ1) is 17.5. The van der Waals surface area contributed by atoms with E-state index in [4.69, 9.17) is 9.84 Å². The van der Waals surface area contributed by atoms with Crippen molar-refractivity contribution in [1.29, 1.82) is 0 Å². The summed E-state index contributed by atoms with van der Waals surface area (Å²) in [5.41, 5.74) is 1.45. The molecule has 2 rings (SSSR count). The van der Waals surface area contributed by atoms with Crippen LogP contribution in [-0.2, 0) is 4.74 Å². The summed E-state index contributed by atoms with van der Waals surface area (Å²) < 4.78 is 6.42. The van der Waals surface area contributed by atoms with Crippen molar-refractivity contribution in [1.82, 2.24) is 15.1 Å². The number of urea groups is 1. The predicted molar refractivity (Wildman–Crippen MR) is 88.2 cm³/mol. The van der Waals surface area contributed by atoms with Crippen LogP contribution in [0.4, 0.5) is 10.5 Å². The van der Waals surface area contributed by atoms with Crippen LogP contribution < -0.4 is 10.6 Å². The molecule has 0 aliphatic rings. The molecule has 3 N–H and O–H groups in total. The quantitative estimate of drug-likeness (QED) is 0.696. The Bertz CT molecular complexity index is 714. The van der Waals surface area contributed by atoms with Gasteiger partial charge in [-0.25, -0.2) is 14.3 Å². The van der Waals surface area contributed by atoms with Crippen molar-refractivity contribution in [3.63, 3.8) is 0 Å². The molecule has 0 fully saturated rings. The molecule has 1 aromatic carbocycles. The molecular weight excluding hydrogens is 312 g/mol. The molecule has 1 unspecified atom stereocenters. The number of aliphatic hydroxyl groups excluding tert-OH is 1. The minimum Gasteiger partial charge on any atom is -0.461 e. The first-order valence-corrected chi connectivity index (χ1v) is 7.55. The van der Waals surface area contributed by atoms with E-state index in [0.717, 1.165) is 0 Å². The number of ether oxygens (including phenoxy) is 1. The van der Waals surface area contributed by atoms with Gasteiger partial charge in [0.05, 0.1) is 24.9 Å². The molecule has 0 saturated carbocycles. The van der Waals surface area contributed by atoms with Crippen molar-refractivity contribution in [2.24, 2.45) is 0 Å². The molecule has 0 aliphatic carbocycles. The zero-order valence-electron chi connectivity index (χ0n) is 13.5. The van der Waals surface area contributed by atoms with Gasteiger partial charge in [-0.2, -0.15) is 5.10 Å². The summed E-state index contributed by atoms with van der Waals surface area (Å²) in [4.78, 5) is 23.4. The lowest BCUT2D eigenvalue weighted by molar-refractivity contribution is 0.0519. The van der Waals surface area contributed by atoms with E-state index in [1.165, 1.54) is 4.68 Å². The van der Waals surface area contributed by atoms with Crippen molar-refractivity contribution >= 4 is 17.7 Å². The molecule has 1 atom stereocenters. The number of anilines is 1. The van der Waals surface area contributed by atoms with Gasteiger partial charge in [-0.3, -0.25) is 0 Å². The Hall–Kier alpha value is -2.87. The van der Waals surface area contributed by atoms with Crippen LogP contribution in [0.15, 0.2) is 36.5 Å². The van der Waals surface area contributed by atoms with E-state index in [0.29, 0.717) is 11.4 Å². The van der Waals surface area contributed by atoms with Crippen LogP contribution in [0.1, 0.15) is 24.3 Å². The fourth-order valence-corrected chi connectivity index (χ4v) is 1.94. The Morgan fingerprint density at radius 3 is 2.88 bits per heavy atom. The molecule has 0 radical (unpaired) electrons. The topological polar surface area (TPSA) is 105 Å². The van der Waals surface area contributed by atoms with Crippen molar-refractivity contribution in [2.45, 2.75) is 19.9 Å². The standard InChI is InChI=1S/C16H20N4O4/c1-3-24-15(22)14-7-8-20(19-14)13-6-4-5-12(9-13)18-16(23)17-11(2)10-21/h4-9,11,21H,3,10H2,1-2H3,(H2,17,18,23). The van der Waals surface area contributed by atoms with Crippen LogP contribution in [0.5, 0.6) is 0 Å². The number of carbonyl (C=O) groups is 2. The van der Waals surface area contributed by atoms with Gasteiger partial charge in [-0.05, 0) is 38.1 Å². The second kappa shape index (κ2) is 8.11.